The highest BCUT2D eigenvalue weighted by molar-refractivity contribution is 6.03. The fraction of sp³-hybridized carbons (Fsp3) is 0.421. The molecule has 1 heterocycles. The van der Waals surface area contributed by atoms with E-state index < -0.39 is 23.8 Å². The number of rotatable bonds is 2. The summed E-state index contributed by atoms with van der Waals surface area (Å²) in [5, 5.41) is 12.8. The fourth-order valence-electron chi connectivity index (χ4n) is 3.46. The van der Waals surface area contributed by atoms with Crippen molar-refractivity contribution in [1.82, 2.24) is 0 Å². The van der Waals surface area contributed by atoms with Crippen LogP contribution in [-0.2, 0) is 12.6 Å². The number of benzene rings is 1. The molecule has 0 aliphatic heterocycles. The number of halogens is 3. The van der Waals surface area contributed by atoms with E-state index in [1.165, 1.54) is 12.1 Å². The average molecular weight is 367 g/mol. The SMILES string of the molecule is Cc1c(C(=O)Nc2cccc(C(F)(F)F)c2)oc2c1[C@@H](O)CC(C)(C)C2. The molecule has 1 aliphatic rings. The molecule has 0 saturated heterocycles. The van der Waals surface area contributed by atoms with Crippen molar-refractivity contribution in [3.8, 4) is 0 Å². The lowest BCUT2D eigenvalue weighted by atomic mass is 9.75. The van der Waals surface area contributed by atoms with Gasteiger partial charge >= 0.3 is 6.18 Å². The molecule has 0 saturated carbocycles. The zero-order valence-corrected chi connectivity index (χ0v) is 14.7. The van der Waals surface area contributed by atoms with Crippen molar-refractivity contribution in [2.24, 2.45) is 5.41 Å². The molecule has 7 heteroatoms. The van der Waals surface area contributed by atoms with Gasteiger partial charge in [-0.15, -0.1) is 0 Å². The van der Waals surface area contributed by atoms with Gasteiger partial charge < -0.3 is 14.8 Å². The first kappa shape index (κ1) is 18.5. The highest BCUT2D eigenvalue weighted by atomic mass is 19.4. The summed E-state index contributed by atoms with van der Waals surface area (Å²) in [6.45, 7) is 5.67. The van der Waals surface area contributed by atoms with Gasteiger partial charge in [-0.25, -0.2) is 0 Å². The van der Waals surface area contributed by atoms with Crippen LogP contribution in [0.3, 0.4) is 0 Å². The molecule has 2 aromatic rings. The fourth-order valence-corrected chi connectivity index (χ4v) is 3.46. The van der Waals surface area contributed by atoms with Gasteiger partial charge in [0.05, 0.1) is 11.7 Å². The van der Waals surface area contributed by atoms with Crippen LogP contribution in [0.15, 0.2) is 28.7 Å². The largest absolute Gasteiger partial charge is 0.455 e. The van der Waals surface area contributed by atoms with Crippen LogP contribution in [0.2, 0.25) is 0 Å². The number of amides is 1. The van der Waals surface area contributed by atoms with E-state index in [1.54, 1.807) is 6.92 Å². The molecule has 1 amide bonds. The Kier molecular flexibility index (Phi) is 4.38. The maximum atomic E-state index is 12.8. The Morgan fingerprint density at radius 1 is 1.35 bits per heavy atom. The highest BCUT2D eigenvalue weighted by Crippen LogP contribution is 2.44. The van der Waals surface area contributed by atoms with Crippen molar-refractivity contribution in [1.29, 1.82) is 0 Å². The Balaban J connectivity index is 1.88. The molecule has 0 unspecified atom stereocenters. The molecule has 0 spiro atoms. The van der Waals surface area contributed by atoms with Gasteiger partial charge in [-0.05, 0) is 37.0 Å². The molecule has 0 bridgehead atoms. The van der Waals surface area contributed by atoms with E-state index in [4.69, 9.17) is 4.42 Å². The first-order valence-corrected chi connectivity index (χ1v) is 8.27. The smallest absolute Gasteiger partial charge is 0.416 e. The van der Waals surface area contributed by atoms with E-state index in [-0.39, 0.29) is 16.9 Å². The second-order valence-electron chi connectivity index (χ2n) is 7.49. The van der Waals surface area contributed by atoms with Gasteiger partial charge in [0.15, 0.2) is 5.76 Å². The third kappa shape index (κ3) is 3.49. The standard InChI is InChI=1S/C19H20F3NO3/c1-10-15-13(24)8-18(2,3)9-14(15)26-16(10)17(25)23-12-6-4-5-11(7-12)19(20,21)22/h4-7,13,24H,8-9H2,1-3H3,(H,23,25)/t13-/m0/s1. The number of furan rings is 1. The van der Waals surface area contributed by atoms with Crippen LogP contribution < -0.4 is 5.32 Å². The molecule has 26 heavy (non-hydrogen) atoms. The molecule has 2 N–H and O–H groups in total. The van der Waals surface area contributed by atoms with E-state index in [0.29, 0.717) is 29.7 Å². The molecule has 1 aromatic heterocycles. The number of alkyl halides is 3. The molecule has 4 nitrogen and oxygen atoms in total. The summed E-state index contributed by atoms with van der Waals surface area (Å²) in [7, 11) is 0. The lowest BCUT2D eigenvalue weighted by molar-refractivity contribution is -0.137. The van der Waals surface area contributed by atoms with E-state index in [9.17, 15) is 23.1 Å². The molecule has 140 valence electrons. The van der Waals surface area contributed by atoms with Crippen molar-refractivity contribution >= 4 is 11.6 Å². The quantitative estimate of drug-likeness (QED) is 0.796. The lowest BCUT2D eigenvalue weighted by Gasteiger charge is -2.31. The van der Waals surface area contributed by atoms with E-state index >= 15 is 0 Å². The molecular formula is C19H20F3NO3. The second-order valence-corrected chi connectivity index (χ2v) is 7.49. The second kappa shape index (κ2) is 6.16. The molecular weight excluding hydrogens is 347 g/mol. The van der Waals surface area contributed by atoms with Gasteiger partial charge in [-0.1, -0.05) is 19.9 Å². The van der Waals surface area contributed by atoms with Gasteiger partial charge in [-0.3, -0.25) is 4.79 Å². The monoisotopic (exact) mass is 367 g/mol. The zero-order valence-electron chi connectivity index (χ0n) is 14.7. The highest BCUT2D eigenvalue weighted by Gasteiger charge is 2.37. The number of aliphatic hydroxyl groups is 1. The van der Waals surface area contributed by atoms with Crippen LogP contribution >= 0.6 is 0 Å². The van der Waals surface area contributed by atoms with Crippen molar-refractivity contribution in [3.05, 3.63) is 52.5 Å². The number of hydrogen-bond donors (Lipinski definition) is 2. The predicted octanol–water partition coefficient (Wildman–Crippen LogP) is 4.86. The Hall–Kier alpha value is -2.28. The summed E-state index contributed by atoms with van der Waals surface area (Å²) in [6, 6.07) is 4.41. The number of aliphatic hydroxyl groups excluding tert-OH is 1. The molecule has 1 atom stereocenters. The summed E-state index contributed by atoms with van der Waals surface area (Å²) in [5.74, 6) is -0.0640. The minimum Gasteiger partial charge on any atom is -0.455 e. The number of carbonyl (C=O) groups is 1. The number of hydrogen-bond acceptors (Lipinski definition) is 3. The molecule has 1 aromatic carbocycles. The summed E-state index contributed by atoms with van der Waals surface area (Å²) in [5.41, 5.74) is 0.152. The van der Waals surface area contributed by atoms with Crippen LogP contribution in [0.25, 0.3) is 0 Å². The van der Waals surface area contributed by atoms with E-state index in [1.807, 2.05) is 13.8 Å². The van der Waals surface area contributed by atoms with Crippen molar-refractivity contribution in [2.45, 2.75) is 45.9 Å². The van der Waals surface area contributed by atoms with E-state index in [0.717, 1.165) is 12.1 Å². The van der Waals surface area contributed by atoms with Gasteiger partial charge in [0, 0.05) is 23.2 Å². The lowest BCUT2D eigenvalue weighted by Crippen LogP contribution is -2.24. The van der Waals surface area contributed by atoms with Crippen molar-refractivity contribution in [2.75, 3.05) is 5.32 Å². The maximum Gasteiger partial charge on any atom is 0.416 e. The number of nitrogens with one attached hydrogen (secondary N) is 1. The van der Waals surface area contributed by atoms with E-state index in [2.05, 4.69) is 5.32 Å². The van der Waals surface area contributed by atoms with Crippen LogP contribution in [0.4, 0.5) is 18.9 Å². The van der Waals surface area contributed by atoms with Crippen LogP contribution in [-0.4, -0.2) is 11.0 Å². The topological polar surface area (TPSA) is 62.5 Å². The third-order valence-corrected chi connectivity index (χ3v) is 4.64. The van der Waals surface area contributed by atoms with Crippen LogP contribution in [0, 0.1) is 12.3 Å². The maximum absolute atomic E-state index is 12.8. The summed E-state index contributed by atoms with van der Waals surface area (Å²) in [6.07, 6.45) is -4.09. The molecule has 0 fully saturated rings. The Morgan fingerprint density at radius 3 is 2.69 bits per heavy atom. The number of fused-ring (bicyclic) bond motifs is 1. The van der Waals surface area contributed by atoms with Gasteiger partial charge in [0.1, 0.15) is 5.76 Å². The molecule has 0 radical (unpaired) electrons. The zero-order chi connectivity index (χ0) is 19.3. The third-order valence-electron chi connectivity index (χ3n) is 4.64. The Labute approximate surface area is 149 Å². The van der Waals surface area contributed by atoms with Crippen LogP contribution in [0.1, 0.15) is 59.4 Å². The summed E-state index contributed by atoms with van der Waals surface area (Å²) >= 11 is 0. The van der Waals surface area contributed by atoms with Crippen molar-refractivity contribution < 1.29 is 27.5 Å². The minimum absolute atomic E-state index is 0.0177. The first-order chi connectivity index (χ1) is 12.0. The van der Waals surface area contributed by atoms with Gasteiger partial charge in [-0.2, -0.15) is 13.2 Å². The number of carbonyl (C=O) groups excluding carboxylic acids is 1. The predicted molar refractivity (Wildman–Crippen MR) is 89.9 cm³/mol. The van der Waals surface area contributed by atoms with Crippen LogP contribution in [0.5, 0.6) is 0 Å². The Morgan fingerprint density at radius 2 is 2.04 bits per heavy atom. The molecule has 1 aliphatic carbocycles. The average Bonchev–Trinajstić information content (AvgIpc) is 2.82. The summed E-state index contributed by atoms with van der Waals surface area (Å²) in [4.78, 5) is 12.5. The van der Waals surface area contributed by atoms with Gasteiger partial charge in [0.25, 0.3) is 5.91 Å². The normalized spacial score (nSPS) is 19.1. The summed E-state index contributed by atoms with van der Waals surface area (Å²) < 4.78 is 44.1. The van der Waals surface area contributed by atoms with Crippen molar-refractivity contribution in [3.63, 3.8) is 0 Å². The minimum atomic E-state index is -4.49. The number of anilines is 1. The van der Waals surface area contributed by atoms with Gasteiger partial charge in [0.2, 0.25) is 0 Å². The Bertz CT molecular complexity index is 852. The first-order valence-electron chi connectivity index (χ1n) is 8.27. The molecule has 3 rings (SSSR count).